The maximum atomic E-state index is 3.96. The Morgan fingerprint density at radius 2 is 1.79 bits per heavy atom. The monoisotopic (exact) mass is 187 g/mol. The predicted molar refractivity (Wildman–Crippen MR) is 65.4 cm³/mol. The van der Waals surface area contributed by atoms with Crippen molar-refractivity contribution in [2.24, 2.45) is 0 Å². The molecule has 1 heteroatoms. The molecule has 0 unspecified atom stereocenters. The lowest BCUT2D eigenvalue weighted by atomic mass is 10.0. The van der Waals surface area contributed by atoms with Gasteiger partial charge in [-0.1, -0.05) is 24.8 Å². The summed E-state index contributed by atoms with van der Waals surface area (Å²) in [5, 5.41) is 3.15. The number of allylic oxidation sites excluding steroid dienone is 2. The zero-order valence-electron chi connectivity index (χ0n) is 9.15. The van der Waals surface area contributed by atoms with Gasteiger partial charge in [0.05, 0.1) is 0 Å². The smallest absolute Gasteiger partial charge is 0.0414 e. The molecule has 14 heavy (non-hydrogen) atoms. The molecule has 1 N–H and O–H groups in total. The maximum Gasteiger partial charge on any atom is 0.0414 e. The molecule has 0 aliphatic carbocycles. The van der Waals surface area contributed by atoms with Crippen LogP contribution in [0.1, 0.15) is 25.0 Å². The van der Waals surface area contributed by atoms with Crippen LogP contribution in [-0.4, -0.2) is 7.05 Å². The van der Waals surface area contributed by atoms with Crippen LogP contribution in [-0.2, 0) is 0 Å². The van der Waals surface area contributed by atoms with Crippen molar-refractivity contribution in [1.82, 2.24) is 0 Å². The van der Waals surface area contributed by atoms with Crippen LogP contribution in [0.3, 0.4) is 0 Å². The lowest BCUT2D eigenvalue weighted by Crippen LogP contribution is -1.94. The Morgan fingerprint density at radius 3 is 2.21 bits per heavy atom. The van der Waals surface area contributed by atoms with Crippen LogP contribution < -0.4 is 5.32 Å². The zero-order chi connectivity index (χ0) is 10.7. The Labute approximate surface area is 86.2 Å². The van der Waals surface area contributed by atoms with E-state index in [1.807, 2.05) is 20.9 Å². The standard InChI is InChI=1S/C13H17N/c1-9(2)11-6-7-13(14-5)12(8-11)10(3)4/h6-8,14H,1,3H2,2,4-5H3. The van der Waals surface area contributed by atoms with Crippen molar-refractivity contribution in [3.8, 4) is 0 Å². The molecular formula is C13H17N. The molecule has 1 nitrogen and oxygen atoms in total. The van der Waals surface area contributed by atoms with Crippen molar-refractivity contribution in [3.63, 3.8) is 0 Å². The Balaban J connectivity index is 3.27. The quantitative estimate of drug-likeness (QED) is 0.759. The highest BCUT2D eigenvalue weighted by Gasteiger charge is 2.03. The summed E-state index contributed by atoms with van der Waals surface area (Å²) in [6.07, 6.45) is 0. The van der Waals surface area contributed by atoms with Gasteiger partial charge >= 0.3 is 0 Å². The van der Waals surface area contributed by atoms with E-state index in [1.54, 1.807) is 0 Å². The molecule has 74 valence electrons. The molecule has 0 amide bonds. The number of nitrogens with one attached hydrogen (secondary N) is 1. The van der Waals surface area contributed by atoms with Crippen LogP contribution in [0.2, 0.25) is 0 Å². The molecule has 0 fully saturated rings. The lowest BCUT2D eigenvalue weighted by molar-refractivity contribution is 1.45. The largest absolute Gasteiger partial charge is 0.388 e. The van der Waals surface area contributed by atoms with E-state index in [9.17, 15) is 0 Å². The van der Waals surface area contributed by atoms with Gasteiger partial charge < -0.3 is 5.32 Å². The van der Waals surface area contributed by atoms with Gasteiger partial charge in [0.1, 0.15) is 0 Å². The van der Waals surface area contributed by atoms with Crippen molar-refractivity contribution in [2.45, 2.75) is 13.8 Å². The fraction of sp³-hybridized carbons (Fsp3) is 0.231. The van der Waals surface area contributed by atoms with Gasteiger partial charge in [0, 0.05) is 18.3 Å². The molecule has 0 spiro atoms. The second-order valence-electron chi connectivity index (χ2n) is 3.57. The van der Waals surface area contributed by atoms with Crippen molar-refractivity contribution in [2.75, 3.05) is 12.4 Å². The third-order valence-corrected chi connectivity index (χ3v) is 2.24. The molecule has 0 saturated carbocycles. The Kier molecular flexibility index (Phi) is 3.13. The molecule has 0 bridgehead atoms. The highest BCUT2D eigenvalue weighted by atomic mass is 14.8. The fourth-order valence-corrected chi connectivity index (χ4v) is 1.38. The summed E-state index contributed by atoms with van der Waals surface area (Å²) in [7, 11) is 1.92. The SMILES string of the molecule is C=C(C)c1ccc(NC)c(C(=C)C)c1. The Bertz CT molecular complexity index is 375. The Hall–Kier alpha value is -1.50. The first-order valence-corrected chi connectivity index (χ1v) is 4.70. The van der Waals surface area contributed by atoms with Crippen LogP contribution in [0.4, 0.5) is 5.69 Å². The molecule has 0 heterocycles. The zero-order valence-corrected chi connectivity index (χ0v) is 9.15. The second-order valence-corrected chi connectivity index (χ2v) is 3.57. The van der Waals surface area contributed by atoms with Crippen LogP contribution in [0.25, 0.3) is 11.1 Å². The number of hydrogen-bond acceptors (Lipinski definition) is 1. The summed E-state index contributed by atoms with van der Waals surface area (Å²) < 4.78 is 0. The van der Waals surface area contributed by atoms with Crippen LogP contribution >= 0.6 is 0 Å². The molecule has 0 aliphatic heterocycles. The molecule has 0 aliphatic rings. The van der Waals surface area contributed by atoms with Gasteiger partial charge in [-0.3, -0.25) is 0 Å². The first kappa shape index (κ1) is 10.6. The molecule has 1 rings (SSSR count). The van der Waals surface area contributed by atoms with Crippen molar-refractivity contribution >= 4 is 16.8 Å². The van der Waals surface area contributed by atoms with E-state index in [4.69, 9.17) is 0 Å². The van der Waals surface area contributed by atoms with E-state index in [-0.39, 0.29) is 0 Å². The maximum absolute atomic E-state index is 3.96. The van der Waals surface area contributed by atoms with Crippen molar-refractivity contribution in [3.05, 3.63) is 42.5 Å². The highest BCUT2D eigenvalue weighted by Crippen LogP contribution is 2.25. The number of benzene rings is 1. The molecule has 1 aromatic carbocycles. The summed E-state index contributed by atoms with van der Waals surface area (Å²) in [5.41, 5.74) is 5.59. The molecular weight excluding hydrogens is 170 g/mol. The number of hydrogen-bond donors (Lipinski definition) is 1. The van der Waals surface area contributed by atoms with Gasteiger partial charge in [0.2, 0.25) is 0 Å². The van der Waals surface area contributed by atoms with Gasteiger partial charge in [-0.05, 0) is 37.1 Å². The van der Waals surface area contributed by atoms with E-state index >= 15 is 0 Å². The summed E-state index contributed by atoms with van der Waals surface area (Å²) in [4.78, 5) is 0. The number of rotatable bonds is 3. The average Bonchev–Trinajstić information content (AvgIpc) is 2.16. The first-order valence-electron chi connectivity index (χ1n) is 4.70. The molecule has 0 atom stereocenters. The van der Waals surface area contributed by atoms with Gasteiger partial charge in [-0.15, -0.1) is 0 Å². The average molecular weight is 187 g/mol. The molecule has 0 radical (unpaired) electrons. The van der Waals surface area contributed by atoms with Crippen LogP contribution in [0, 0.1) is 0 Å². The van der Waals surface area contributed by atoms with E-state index in [1.165, 1.54) is 5.56 Å². The predicted octanol–water partition coefficient (Wildman–Crippen LogP) is 3.79. The van der Waals surface area contributed by atoms with E-state index < -0.39 is 0 Å². The van der Waals surface area contributed by atoms with Crippen LogP contribution in [0.15, 0.2) is 31.4 Å². The topological polar surface area (TPSA) is 12.0 Å². The van der Waals surface area contributed by atoms with E-state index in [2.05, 4.69) is 36.7 Å². The highest BCUT2D eigenvalue weighted by molar-refractivity contribution is 5.77. The third-order valence-electron chi connectivity index (χ3n) is 2.24. The third kappa shape index (κ3) is 2.05. The van der Waals surface area contributed by atoms with Gasteiger partial charge in [0.15, 0.2) is 0 Å². The van der Waals surface area contributed by atoms with Crippen molar-refractivity contribution < 1.29 is 0 Å². The molecule has 0 saturated heterocycles. The van der Waals surface area contributed by atoms with Crippen LogP contribution in [0.5, 0.6) is 0 Å². The van der Waals surface area contributed by atoms with Gasteiger partial charge in [0.25, 0.3) is 0 Å². The summed E-state index contributed by atoms with van der Waals surface area (Å²) >= 11 is 0. The summed E-state index contributed by atoms with van der Waals surface area (Å²) in [5.74, 6) is 0. The first-order chi connectivity index (χ1) is 6.56. The minimum Gasteiger partial charge on any atom is -0.388 e. The minimum atomic E-state index is 1.07. The lowest BCUT2D eigenvalue weighted by Gasteiger charge is -2.11. The summed E-state index contributed by atoms with van der Waals surface area (Å²) in [6, 6.07) is 6.26. The van der Waals surface area contributed by atoms with Gasteiger partial charge in [-0.25, -0.2) is 0 Å². The molecule has 1 aromatic rings. The molecule has 0 aromatic heterocycles. The van der Waals surface area contributed by atoms with E-state index in [0.717, 1.165) is 22.4 Å². The summed E-state index contributed by atoms with van der Waals surface area (Å²) in [6.45, 7) is 11.9. The number of anilines is 1. The second kappa shape index (κ2) is 4.14. The van der Waals surface area contributed by atoms with Crippen molar-refractivity contribution in [1.29, 1.82) is 0 Å². The van der Waals surface area contributed by atoms with Gasteiger partial charge in [-0.2, -0.15) is 0 Å². The normalized spacial score (nSPS) is 9.64. The fourth-order valence-electron chi connectivity index (χ4n) is 1.38. The minimum absolute atomic E-state index is 1.07. The van der Waals surface area contributed by atoms with E-state index in [0.29, 0.717) is 0 Å². The Morgan fingerprint density at radius 1 is 1.14 bits per heavy atom.